The number of anilines is 1. The van der Waals surface area contributed by atoms with Crippen LogP contribution in [0.5, 0.6) is 5.75 Å². The zero-order valence-corrected chi connectivity index (χ0v) is 29.5. The highest BCUT2D eigenvalue weighted by Crippen LogP contribution is 2.27. The molecule has 8 nitrogen and oxygen atoms in total. The number of carbonyl (C=O) groups is 2. The summed E-state index contributed by atoms with van der Waals surface area (Å²) in [5.41, 5.74) is 4.08. The van der Waals surface area contributed by atoms with E-state index in [4.69, 9.17) is 4.74 Å². The molecule has 1 fully saturated rings. The van der Waals surface area contributed by atoms with E-state index in [1.807, 2.05) is 87.5 Å². The number of sulfonamides is 1. The van der Waals surface area contributed by atoms with E-state index >= 15 is 0 Å². The molecule has 4 aromatic carbocycles. The van der Waals surface area contributed by atoms with Gasteiger partial charge in [-0.05, 0) is 86.7 Å². The molecule has 5 rings (SSSR count). The number of ether oxygens (including phenoxy) is 1. The fourth-order valence-electron chi connectivity index (χ4n) is 6.31. The Kier molecular flexibility index (Phi) is 12.1. The SMILES string of the molecule is CCOc1ccc(S(=O)(=O)N(CC(=O)N(Cc2ccccc2C)C(Cc2ccccc2)C(=O)NC2CCCCC2)c2ccc(C)cc2)cc1. The van der Waals surface area contributed by atoms with Crippen molar-refractivity contribution in [2.24, 2.45) is 0 Å². The number of nitrogens with zero attached hydrogens (tertiary/aromatic N) is 2. The summed E-state index contributed by atoms with van der Waals surface area (Å²) in [4.78, 5) is 30.7. The Morgan fingerprint density at radius 2 is 1.49 bits per heavy atom. The molecule has 1 atom stereocenters. The summed E-state index contributed by atoms with van der Waals surface area (Å²) in [6, 6.07) is 29.9. The first-order chi connectivity index (χ1) is 23.7. The highest BCUT2D eigenvalue weighted by Gasteiger charge is 2.35. The van der Waals surface area contributed by atoms with Crippen LogP contribution in [0.1, 0.15) is 61.3 Å². The molecule has 1 saturated carbocycles. The van der Waals surface area contributed by atoms with Crippen LogP contribution in [0.15, 0.2) is 108 Å². The van der Waals surface area contributed by atoms with Crippen LogP contribution in [0.4, 0.5) is 5.69 Å². The van der Waals surface area contributed by atoms with Crippen molar-refractivity contribution in [3.8, 4) is 5.75 Å². The Bertz CT molecular complexity index is 1790. The zero-order chi connectivity index (χ0) is 34.8. The molecule has 1 aliphatic rings. The van der Waals surface area contributed by atoms with Crippen LogP contribution in [0.3, 0.4) is 0 Å². The van der Waals surface area contributed by atoms with Gasteiger partial charge in [-0.1, -0.05) is 91.6 Å². The number of nitrogens with one attached hydrogen (secondary N) is 1. The Balaban J connectivity index is 1.56. The maximum Gasteiger partial charge on any atom is 0.264 e. The van der Waals surface area contributed by atoms with Crippen LogP contribution in [0.2, 0.25) is 0 Å². The lowest BCUT2D eigenvalue weighted by atomic mass is 9.94. The van der Waals surface area contributed by atoms with E-state index in [0.29, 0.717) is 18.0 Å². The Hall–Kier alpha value is -4.63. The van der Waals surface area contributed by atoms with Crippen molar-refractivity contribution in [1.82, 2.24) is 10.2 Å². The minimum atomic E-state index is -4.21. The van der Waals surface area contributed by atoms with Crippen LogP contribution in [-0.2, 0) is 32.6 Å². The van der Waals surface area contributed by atoms with Gasteiger partial charge in [0.05, 0.1) is 17.2 Å². The quantitative estimate of drug-likeness (QED) is 0.155. The number of hydrogen-bond donors (Lipinski definition) is 1. The smallest absolute Gasteiger partial charge is 0.264 e. The van der Waals surface area contributed by atoms with Gasteiger partial charge in [0.1, 0.15) is 18.3 Å². The lowest BCUT2D eigenvalue weighted by Gasteiger charge is -2.35. The third kappa shape index (κ3) is 9.29. The molecule has 0 aliphatic heterocycles. The van der Waals surface area contributed by atoms with Gasteiger partial charge in [0.15, 0.2) is 0 Å². The predicted molar refractivity (Wildman–Crippen MR) is 194 cm³/mol. The van der Waals surface area contributed by atoms with E-state index in [9.17, 15) is 18.0 Å². The molecule has 258 valence electrons. The van der Waals surface area contributed by atoms with Gasteiger partial charge in [0.2, 0.25) is 11.8 Å². The van der Waals surface area contributed by atoms with Crippen molar-refractivity contribution >= 4 is 27.5 Å². The van der Waals surface area contributed by atoms with Crippen LogP contribution in [0.25, 0.3) is 0 Å². The monoisotopic (exact) mass is 681 g/mol. The second-order valence-corrected chi connectivity index (χ2v) is 14.6. The maximum absolute atomic E-state index is 14.8. The topological polar surface area (TPSA) is 96.0 Å². The fraction of sp³-hybridized carbons (Fsp3) is 0.350. The molecule has 0 radical (unpaired) electrons. The first-order valence-electron chi connectivity index (χ1n) is 17.2. The molecular formula is C40H47N3O5S. The second-order valence-electron chi connectivity index (χ2n) is 12.7. The van der Waals surface area contributed by atoms with Crippen LogP contribution >= 0.6 is 0 Å². The van der Waals surface area contributed by atoms with Gasteiger partial charge in [0.25, 0.3) is 10.0 Å². The van der Waals surface area contributed by atoms with Gasteiger partial charge in [0, 0.05) is 19.0 Å². The number of carbonyl (C=O) groups excluding carboxylic acids is 2. The molecule has 1 N–H and O–H groups in total. The van der Waals surface area contributed by atoms with Gasteiger partial charge in [-0.15, -0.1) is 0 Å². The number of benzene rings is 4. The summed E-state index contributed by atoms with van der Waals surface area (Å²) in [6.07, 6.45) is 5.33. The number of aryl methyl sites for hydroxylation is 2. The molecule has 0 aromatic heterocycles. The van der Waals surface area contributed by atoms with Gasteiger partial charge < -0.3 is 15.0 Å². The highest BCUT2D eigenvalue weighted by molar-refractivity contribution is 7.92. The Labute approximate surface area is 291 Å². The maximum atomic E-state index is 14.8. The average Bonchev–Trinajstić information content (AvgIpc) is 3.11. The predicted octanol–water partition coefficient (Wildman–Crippen LogP) is 6.99. The summed E-state index contributed by atoms with van der Waals surface area (Å²) in [7, 11) is -4.21. The van der Waals surface area contributed by atoms with Gasteiger partial charge in [-0.25, -0.2) is 8.42 Å². The summed E-state index contributed by atoms with van der Waals surface area (Å²) in [5, 5.41) is 3.26. The normalized spacial score (nSPS) is 14.1. The first-order valence-corrected chi connectivity index (χ1v) is 18.6. The molecule has 4 aromatic rings. The molecule has 1 aliphatic carbocycles. The summed E-state index contributed by atoms with van der Waals surface area (Å²) >= 11 is 0. The van der Waals surface area contributed by atoms with Crippen molar-refractivity contribution in [2.75, 3.05) is 17.5 Å². The average molecular weight is 682 g/mol. The van der Waals surface area contributed by atoms with Gasteiger partial charge in [-0.3, -0.25) is 13.9 Å². The third-order valence-corrected chi connectivity index (χ3v) is 10.9. The summed E-state index contributed by atoms with van der Waals surface area (Å²) in [5.74, 6) is -0.149. The van der Waals surface area contributed by atoms with Gasteiger partial charge in [-0.2, -0.15) is 0 Å². The minimum absolute atomic E-state index is 0.0330. The van der Waals surface area contributed by atoms with Crippen molar-refractivity contribution in [1.29, 1.82) is 0 Å². The number of rotatable bonds is 14. The molecule has 49 heavy (non-hydrogen) atoms. The third-order valence-electron chi connectivity index (χ3n) is 9.15. The van der Waals surface area contributed by atoms with Gasteiger partial charge >= 0.3 is 0 Å². The fourth-order valence-corrected chi connectivity index (χ4v) is 7.72. The molecule has 2 amide bonds. The van der Waals surface area contributed by atoms with E-state index in [1.165, 1.54) is 12.1 Å². The van der Waals surface area contributed by atoms with Crippen LogP contribution in [-0.4, -0.2) is 50.4 Å². The van der Waals surface area contributed by atoms with E-state index in [0.717, 1.165) is 58.7 Å². The van der Waals surface area contributed by atoms with E-state index in [2.05, 4.69) is 5.32 Å². The Morgan fingerprint density at radius 1 is 0.837 bits per heavy atom. The largest absolute Gasteiger partial charge is 0.494 e. The zero-order valence-electron chi connectivity index (χ0n) is 28.7. The van der Waals surface area contributed by atoms with Crippen LogP contribution < -0.4 is 14.4 Å². The van der Waals surface area contributed by atoms with Crippen LogP contribution in [0, 0.1) is 13.8 Å². The standard InChI is InChI=1S/C40H47N3O5S/c1-4-48-36-23-25-37(26-24-36)49(46,47)43(35-21-19-30(2)20-22-35)29-39(44)42(28-33-16-12-11-13-31(33)3)38(27-32-14-7-5-8-15-32)40(45)41-34-17-9-6-10-18-34/h5,7-8,11-16,19-26,34,38H,4,6,9-10,17-18,27-29H2,1-3H3,(H,41,45). The summed E-state index contributed by atoms with van der Waals surface area (Å²) in [6.45, 7) is 5.85. The number of amides is 2. The van der Waals surface area contributed by atoms with E-state index < -0.39 is 28.5 Å². The first kappa shape index (κ1) is 35.7. The minimum Gasteiger partial charge on any atom is -0.494 e. The molecule has 0 spiro atoms. The van der Waals surface area contributed by atoms with E-state index in [-0.39, 0.29) is 29.8 Å². The molecule has 0 saturated heterocycles. The molecule has 0 bridgehead atoms. The Morgan fingerprint density at radius 3 is 2.14 bits per heavy atom. The van der Waals surface area contributed by atoms with Crippen molar-refractivity contribution in [3.05, 3.63) is 125 Å². The molecule has 9 heteroatoms. The number of hydrogen-bond acceptors (Lipinski definition) is 5. The highest BCUT2D eigenvalue weighted by atomic mass is 32.2. The van der Waals surface area contributed by atoms with Crippen molar-refractivity contribution in [3.63, 3.8) is 0 Å². The lowest BCUT2D eigenvalue weighted by molar-refractivity contribution is -0.140. The van der Waals surface area contributed by atoms with Crippen molar-refractivity contribution in [2.45, 2.75) is 82.8 Å². The lowest BCUT2D eigenvalue weighted by Crippen LogP contribution is -2.55. The van der Waals surface area contributed by atoms with Crippen molar-refractivity contribution < 1.29 is 22.7 Å². The second kappa shape index (κ2) is 16.7. The van der Waals surface area contributed by atoms with E-state index in [1.54, 1.807) is 29.2 Å². The molecule has 0 heterocycles. The molecule has 1 unspecified atom stereocenters. The molecular weight excluding hydrogens is 635 g/mol. The summed E-state index contributed by atoms with van der Waals surface area (Å²) < 4.78 is 35.4.